The average molecular weight is 282 g/mol. The van der Waals surface area contributed by atoms with Crippen molar-refractivity contribution in [2.24, 2.45) is 0 Å². The van der Waals surface area contributed by atoms with Gasteiger partial charge in [-0.15, -0.1) is 0 Å². The van der Waals surface area contributed by atoms with Gasteiger partial charge in [0.15, 0.2) is 5.78 Å². The summed E-state index contributed by atoms with van der Waals surface area (Å²) in [5.41, 5.74) is 6.73. The SMILES string of the molecule is Cc1ccc2c(c1)CCCN2CC(=O)c1cc(C)[nH]c1C. The zero-order chi connectivity index (χ0) is 15.0. The molecule has 0 unspecified atom stereocenters. The highest BCUT2D eigenvalue weighted by Gasteiger charge is 2.21. The van der Waals surface area contributed by atoms with Crippen LogP contribution in [0.4, 0.5) is 5.69 Å². The van der Waals surface area contributed by atoms with Gasteiger partial charge in [-0.1, -0.05) is 17.7 Å². The standard InChI is InChI=1S/C18H22N2O/c1-12-6-7-17-15(9-12)5-4-8-20(17)11-18(21)16-10-13(2)19-14(16)3/h6-7,9-10,19H,4-5,8,11H2,1-3H3. The lowest BCUT2D eigenvalue weighted by Gasteiger charge is -2.31. The van der Waals surface area contributed by atoms with Crippen molar-refractivity contribution >= 4 is 11.5 Å². The zero-order valence-corrected chi connectivity index (χ0v) is 13.0. The number of nitrogens with zero attached hydrogens (tertiary/aromatic N) is 1. The fourth-order valence-electron chi connectivity index (χ4n) is 3.24. The lowest BCUT2D eigenvalue weighted by molar-refractivity contribution is 0.0998. The van der Waals surface area contributed by atoms with Gasteiger partial charge in [0.1, 0.15) is 0 Å². The Morgan fingerprint density at radius 2 is 2.05 bits per heavy atom. The molecule has 2 heterocycles. The van der Waals surface area contributed by atoms with Crippen LogP contribution in [0.3, 0.4) is 0 Å². The van der Waals surface area contributed by atoms with Crippen molar-refractivity contribution in [3.05, 3.63) is 52.3 Å². The molecule has 0 fully saturated rings. The molecule has 0 saturated carbocycles. The van der Waals surface area contributed by atoms with Gasteiger partial charge in [0.05, 0.1) is 6.54 Å². The minimum absolute atomic E-state index is 0.199. The van der Waals surface area contributed by atoms with Crippen molar-refractivity contribution in [1.82, 2.24) is 4.98 Å². The number of carbonyl (C=O) groups excluding carboxylic acids is 1. The maximum Gasteiger partial charge on any atom is 0.183 e. The van der Waals surface area contributed by atoms with Crippen molar-refractivity contribution in [3.8, 4) is 0 Å². The van der Waals surface area contributed by atoms with E-state index < -0.39 is 0 Å². The van der Waals surface area contributed by atoms with E-state index in [0.717, 1.165) is 36.3 Å². The monoisotopic (exact) mass is 282 g/mol. The van der Waals surface area contributed by atoms with Crippen LogP contribution >= 0.6 is 0 Å². The number of benzene rings is 1. The van der Waals surface area contributed by atoms with E-state index in [2.05, 4.69) is 35.0 Å². The summed E-state index contributed by atoms with van der Waals surface area (Å²) in [4.78, 5) is 18.0. The summed E-state index contributed by atoms with van der Waals surface area (Å²) in [7, 11) is 0. The lowest BCUT2D eigenvalue weighted by Crippen LogP contribution is -2.34. The highest BCUT2D eigenvalue weighted by molar-refractivity contribution is 6.00. The molecular weight excluding hydrogens is 260 g/mol. The van der Waals surface area contributed by atoms with Gasteiger partial charge in [0.2, 0.25) is 0 Å². The van der Waals surface area contributed by atoms with Crippen LogP contribution in [0.5, 0.6) is 0 Å². The van der Waals surface area contributed by atoms with E-state index in [9.17, 15) is 4.79 Å². The number of Topliss-reactive ketones (excluding diaryl/α,β-unsaturated/α-hetero) is 1. The number of ketones is 1. The molecule has 1 N–H and O–H groups in total. The second-order valence-electron chi connectivity index (χ2n) is 6.07. The second kappa shape index (κ2) is 5.40. The van der Waals surface area contributed by atoms with Crippen LogP contribution in [0, 0.1) is 20.8 Å². The molecule has 0 saturated heterocycles. The van der Waals surface area contributed by atoms with E-state index in [0.29, 0.717) is 6.54 Å². The molecule has 0 bridgehead atoms. The Balaban J connectivity index is 1.83. The number of rotatable bonds is 3. The highest BCUT2D eigenvalue weighted by Crippen LogP contribution is 2.28. The van der Waals surface area contributed by atoms with Crippen molar-refractivity contribution in [2.75, 3.05) is 18.0 Å². The van der Waals surface area contributed by atoms with Gasteiger partial charge in [-0.25, -0.2) is 0 Å². The minimum atomic E-state index is 0.199. The molecule has 0 aliphatic carbocycles. The van der Waals surface area contributed by atoms with E-state index in [-0.39, 0.29) is 5.78 Å². The average Bonchev–Trinajstić information content (AvgIpc) is 2.77. The zero-order valence-electron chi connectivity index (χ0n) is 13.0. The maximum atomic E-state index is 12.6. The number of anilines is 1. The summed E-state index contributed by atoms with van der Waals surface area (Å²) in [5, 5.41) is 0. The van der Waals surface area contributed by atoms with Gasteiger partial charge in [-0.3, -0.25) is 4.79 Å². The predicted molar refractivity (Wildman–Crippen MR) is 86.3 cm³/mol. The molecule has 1 aromatic carbocycles. The molecule has 1 aliphatic rings. The first-order chi connectivity index (χ1) is 10.0. The molecule has 0 radical (unpaired) electrons. The summed E-state index contributed by atoms with van der Waals surface area (Å²) in [6.45, 7) is 7.51. The molecule has 110 valence electrons. The number of H-pyrrole nitrogens is 1. The number of nitrogens with one attached hydrogen (secondary N) is 1. The molecular formula is C18H22N2O. The summed E-state index contributed by atoms with van der Waals surface area (Å²) >= 11 is 0. The third-order valence-corrected chi connectivity index (χ3v) is 4.23. The topological polar surface area (TPSA) is 36.1 Å². The Morgan fingerprint density at radius 1 is 1.24 bits per heavy atom. The predicted octanol–water partition coefficient (Wildman–Crippen LogP) is 3.58. The Labute approximate surface area is 126 Å². The van der Waals surface area contributed by atoms with E-state index in [4.69, 9.17) is 0 Å². The number of carbonyl (C=O) groups is 1. The number of fused-ring (bicyclic) bond motifs is 1. The first-order valence-corrected chi connectivity index (χ1v) is 7.58. The second-order valence-corrected chi connectivity index (χ2v) is 6.07. The van der Waals surface area contributed by atoms with E-state index in [1.54, 1.807) is 0 Å². The molecule has 0 amide bonds. The first-order valence-electron chi connectivity index (χ1n) is 7.58. The van der Waals surface area contributed by atoms with Crippen molar-refractivity contribution in [3.63, 3.8) is 0 Å². The first kappa shape index (κ1) is 13.9. The van der Waals surface area contributed by atoms with Crippen molar-refractivity contribution in [2.45, 2.75) is 33.6 Å². The normalized spacial score (nSPS) is 14.1. The largest absolute Gasteiger partial charge is 0.364 e. The van der Waals surface area contributed by atoms with Gasteiger partial charge < -0.3 is 9.88 Å². The number of hydrogen-bond acceptors (Lipinski definition) is 2. The van der Waals surface area contributed by atoms with Crippen LogP contribution in [-0.2, 0) is 6.42 Å². The Kier molecular flexibility index (Phi) is 3.58. The number of aromatic amines is 1. The minimum Gasteiger partial charge on any atom is -0.364 e. The van der Waals surface area contributed by atoms with Crippen molar-refractivity contribution in [1.29, 1.82) is 0 Å². The number of aromatic nitrogens is 1. The Hall–Kier alpha value is -2.03. The quantitative estimate of drug-likeness (QED) is 0.874. The number of hydrogen-bond donors (Lipinski definition) is 1. The Morgan fingerprint density at radius 3 is 2.76 bits per heavy atom. The Bertz CT molecular complexity index is 685. The van der Waals surface area contributed by atoms with Crippen LogP contribution in [0.25, 0.3) is 0 Å². The van der Waals surface area contributed by atoms with Gasteiger partial charge in [0.25, 0.3) is 0 Å². The highest BCUT2D eigenvalue weighted by atomic mass is 16.1. The molecule has 3 rings (SSSR count). The smallest absolute Gasteiger partial charge is 0.183 e. The van der Waals surface area contributed by atoms with Gasteiger partial charge >= 0.3 is 0 Å². The molecule has 21 heavy (non-hydrogen) atoms. The maximum absolute atomic E-state index is 12.6. The van der Waals surface area contributed by atoms with E-state index in [1.807, 2.05) is 19.9 Å². The third kappa shape index (κ3) is 2.73. The lowest BCUT2D eigenvalue weighted by atomic mass is 9.99. The van der Waals surface area contributed by atoms with Gasteiger partial charge in [-0.2, -0.15) is 0 Å². The molecule has 3 heteroatoms. The van der Waals surface area contributed by atoms with Crippen LogP contribution in [0.15, 0.2) is 24.3 Å². The fraction of sp³-hybridized carbons (Fsp3) is 0.389. The van der Waals surface area contributed by atoms with E-state index in [1.165, 1.54) is 16.8 Å². The molecule has 3 nitrogen and oxygen atoms in total. The molecule has 0 spiro atoms. The molecule has 1 aromatic heterocycles. The third-order valence-electron chi connectivity index (χ3n) is 4.23. The van der Waals surface area contributed by atoms with Gasteiger partial charge in [0, 0.05) is 29.2 Å². The molecule has 1 aliphatic heterocycles. The van der Waals surface area contributed by atoms with Crippen LogP contribution in [0.1, 0.15) is 39.3 Å². The van der Waals surface area contributed by atoms with Crippen molar-refractivity contribution < 1.29 is 4.79 Å². The summed E-state index contributed by atoms with van der Waals surface area (Å²) in [5.74, 6) is 0.199. The van der Waals surface area contributed by atoms with Crippen LogP contribution < -0.4 is 4.90 Å². The summed E-state index contributed by atoms with van der Waals surface area (Å²) in [6.07, 6.45) is 2.23. The van der Waals surface area contributed by atoms with Crippen LogP contribution in [-0.4, -0.2) is 23.9 Å². The van der Waals surface area contributed by atoms with E-state index >= 15 is 0 Å². The molecule has 2 aromatic rings. The number of aryl methyl sites for hydroxylation is 4. The van der Waals surface area contributed by atoms with Crippen LogP contribution in [0.2, 0.25) is 0 Å². The fourth-order valence-corrected chi connectivity index (χ4v) is 3.24. The molecule has 0 atom stereocenters. The summed E-state index contributed by atoms with van der Waals surface area (Å²) in [6, 6.07) is 8.50. The van der Waals surface area contributed by atoms with Gasteiger partial charge in [-0.05, 0) is 51.3 Å². The summed E-state index contributed by atoms with van der Waals surface area (Å²) < 4.78 is 0.